The minimum atomic E-state index is -0.622. The normalized spacial score (nSPS) is 16.4. The summed E-state index contributed by atoms with van der Waals surface area (Å²) in [5, 5.41) is 9.28. The maximum atomic E-state index is 9.28. The lowest BCUT2D eigenvalue weighted by Gasteiger charge is -2.39. The van der Waals surface area contributed by atoms with E-state index in [0.717, 1.165) is 5.69 Å². The summed E-state index contributed by atoms with van der Waals surface area (Å²) < 4.78 is 0. The molecule has 0 aliphatic carbocycles. The Morgan fingerprint density at radius 1 is 1.36 bits per heavy atom. The second-order valence-corrected chi connectivity index (χ2v) is 4.46. The molecule has 0 aliphatic heterocycles. The third kappa shape index (κ3) is 1.79. The smallest absolute Gasteiger partial charge is 0.0628 e. The van der Waals surface area contributed by atoms with Crippen LogP contribution in [0.25, 0.3) is 0 Å². The average Bonchev–Trinajstić information content (AvgIpc) is 2.19. The summed E-state index contributed by atoms with van der Waals surface area (Å²) >= 11 is 0. The molecule has 0 amide bonds. The fourth-order valence-electron chi connectivity index (χ4n) is 1.18. The van der Waals surface area contributed by atoms with E-state index in [1.54, 1.807) is 6.20 Å². The SMILES string of the molecule is CC(C)(CO)[C@](C)(N)c1ccccn1. The Morgan fingerprint density at radius 3 is 2.43 bits per heavy atom. The van der Waals surface area contributed by atoms with Gasteiger partial charge in [-0.1, -0.05) is 19.9 Å². The van der Waals surface area contributed by atoms with Crippen LogP contribution in [0.4, 0.5) is 0 Å². The highest BCUT2D eigenvalue weighted by Gasteiger charge is 2.39. The highest BCUT2D eigenvalue weighted by molar-refractivity contribution is 5.17. The quantitative estimate of drug-likeness (QED) is 0.762. The predicted octanol–water partition coefficient (Wildman–Crippen LogP) is 1.27. The molecule has 0 aliphatic rings. The fourth-order valence-corrected chi connectivity index (χ4v) is 1.18. The number of aliphatic hydroxyl groups excluding tert-OH is 1. The second kappa shape index (κ2) is 3.67. The molecule has 0 radical (unpaired) electrons. The number of nitrogens with zero attached hydrogens (tertiary/aromatic N) is 1. The van der Waals surface area contributed by atoms with E-state index in [0.29, 0.717) is 0 Å². The summed E-state index contributed by atoms with van der Waals surface area (Å²) in [7, 11) is 0. The molecule has 0 saturated carbocycles. The Bertz CT molecular complexity index is 293. The monoisotopic (exact) mass is 194 g/mol. The molecule has 0 bridgehead atoms. The van der Waals surface area contributed by atoms with Crippen LogP contribution >= 0.6 is 0 Å². The lowest BCUT2D eigenvalue weighted by Crippen LogP contribution is -2.49. The largest absolute Gasteiger partial charge is 0.396 e. The van der Waals surface area contributed by atoms with Crippen LogP contribution in [0.5, 0.6) is 0 Å². The Kier molecular flexibility index (Phi) is 2.92. The van der Waals surface area contributed by atoms with E-state index >= 15 is 0 Å². The van der Waals surface area contributed by atoms with Gasteiger partial charge in [-0.25, -0.2) is 0 Å². The van der Waals surface area contributed by atoms with Gasteiger partial charge in [-0.2, -0.15) is 0 Å². The highest BCUT2D eigenvalue weighted by atomic mass is 16.3. The van der Waals surface area contributed by atoms with E-state index in [-0.39, 0.29) is 12.0 Å². The van der Waals surface area contributed by atoms with Crippen molar-refractivity contribution >= 4 is 0 Å². The van der Waals surface area contributed by atoms with Crippen LogP contribution in [0.3, 0.4) is 0 Å². The Morgan fingerprint density at radius 2 is 2.00 bits per heavy atom. The summed E-state index contributed by atoms with van der Waals surface area (Å²) in [5.74, 6) is 0. The molecule has 1 aromatic rings. The Labute approximate surface area is 85.0 Å². The Hall–Kier alpha value is -0.930. The molecule has 0 aromatic carbocycles. The van der Waals surface area contributed by atoms with Gasteiger partial charge in [-0.15, -0.1) is 0 Å². The molecule has 0 spiro atoms. The molecule has 0 saturated heterocycles. The molecule has 1 heterocycles. The van der Waals surface area contributed by atoms with Crippen molar-refractivity contribution in [3.8, 4) is 0 Å². The first-order valence-electron chi connectivity index (χ1n) is 4.73. The molecule has 78 valence electrons. The topological polar surface area (TPSA) is 59.1 Å². The van der Waals surface area contributed by atoms with Crippen molar-refractivity contribution in [3.05, 3.63) is 30.1 Å². The molecular formula is C11H18N2O. The number of hydrogen-bond donors (Lipinski definition) is 2. The standard InChI is InChI=1S/C11H18N2O/c1-10(2,8-14)11(3,12)9-6-4-5-7-13-9/h4-7,14H,8,12H2,1-3H3/t11-/m1/s1. The number of nitrogens with two attached hydrogens (primary N) is 1. The number of aromatic nitrogens is 1. The zero-order valence-electron chi connectivity index (χ0n) is 8.99. The summed E-state index contributed by atoms with van der Waals surface area (Å²) in [4.78, 5) is 4.23. The van der Waals surface area contributed by atoms with E-state index in [4.69, 9.17) is 5.73 Å². The third-order valence-corrected chi connectivity index (χ3v) is 3.00. The maximum absolute atomic E-state index is 9.28. The van der Waals surface area contributed by atoms with Gasteiger partial charge in [0.2, 0.25) is 0 Å². The molecule has 0 unspecified atom stereocenters. The maximum Gasteiger partial charge on any atom is 0.0628 e. The van der Waals surface area contributed by atoms with E-state index in [1.165, 1.54) is 0 Å². The first kappa shape index (κ1) is 11.1. The van der Waals surface area contributed by atoms with Crippen LogP contribution in [0, 0.1) is 5.41 Å². The first-order chi connectivity index (χ1) is 6.42. The van der Waals surface area contributed by atoms with Gasteiger partial charge in [0.05, 0.1) is 17.8 Å². The van der Waals surface area contributed by atoms with Crippen molar-refractivity contribution in [2.24, 2.45) is 11.1 Å². The summed E-state index contributed by atoms with van der Waals surface area (Å²) in [6, 6.07) is 5.64. The van der Waals surface area contributed by atoms with Crippen molar-refractivity contribution in [1.82, 2.24) is 4.98 Å². The lowest BCUT2D eigenvalue weighted by molar-refractivity contribution is 0.0786. The second-order valence-electron chi connectivity index (χ2n) is 4.46. The van der Waals surface area contributed by atoms with Crippen LogP contribution in [0.15, 0.2) is 24.4 Å². The predicted molar refractivity (Wildman–Crippen MR) is 56.6 cm³/mol. The van der Waals surface area contributed by atoms with E-state index in [1.807, 2.05) is 39.0 Å². The molecule has 1 aromatic heterocycles. The van der Waals surface area contributed by atoms with Gasteiger partial charge in [0, 0.05) is 11.6 Å². The molecule has 1 rings (SSSR count). The van der Waals surface area contributed by atoms with Gasteiger partial charge in [-0.3, -0.25) is 4.98 Å². The van der Waals surface area contributed by atoms with Crippen LogP contribution in [0.1, 0.15) is 26.5 Å². The zero-order chi connectivity index (χ0) is 10.8. The van der Waals surface area contributed by atoms with Gasteiger partial charge in [0.15, 0.2) is 0 Å². The van der Waals surface area contributed by atoms with Gasteiger partial charge >= 0.3 is 0 Å². The van der Waals surface area contributed by atoms with Crippen molar-refractivity contribution in [3.63, 3.8) is 0 Å². The molecule has 1 atom stereocenters. The van der Waals surface area contributed by atoms with Crippen molar-refractivity contribution < 1.29 is 5.11 Å². The molecule has 0 fully saturated rings. The van der Waals surface area contributed by atoms with E-state index in [9.17, 15) is 5.11 Å². The minimum Gasteiger partial charge on any atom is -0.396 e. The van der Waals surface area contributed by atoms with E-state index in [2.05, 4.69) is 4.98 Å². The van der Waals surface area contributed by atoms with Gasteiger partial charge < -0.3 is 10.8 Å². The molecule has 3 heteroatoms. The minimum absolute atomic E-state index is 0.0383. The van der Waals surface area contributed by atoms with Crippen molar-refractivity contribution in [2.45, 2.75) is 26.3 Å². The lowest BCUT2D eigenvalue weighted by atomic mass is 9.72. The van der Waals surface area contributed by atoms with E-state index < -0.39 is 5.54 Å². The highest BCUT2D eigenvalue weighted by Crippen LogP contribution is 2.35. The summed E-state index contributed by atoms with van der Waals surface area (Å²) in [6.07, 6.45) is 1.72. The zero-order valence-corrected chi connectivity index (χ0v) is 8.99. The molecular weight excluding hydrogens is 176 g/mol. The van der Waals surface area contributed by atoms with Crippen LogP contribution in [-0.4, -0.2) is 16.7 Å². The average molecular weight is 194 g/mol. The molecule has 3 N–H and O–H groups in total. The van der Waals surface area contributed by atoms with Crippen LogP contribution in [0.2, 0.25) is 0 Å². The fraction of sp³-hybridized carbons (Fsp3) is 0.545. The Balaban J connectivity index is 3.08. The van der Waals surface area contributed by atoms with Crippen LogP contribution < -0.4 is 5.73 Å². The molecule has 3 nitrogen and oxygen atoms in total. The number of hydrogen-bond acceptors (Lipinski definition) is 3. The first-order valence-corrected chi connectivity index (χ1v) is 4.73. The number of aliphatic hydroxyl groups is 1. The third-order valence-electron chi connectivity index (χ3n) is 3.00. The number of pyridine rings is 1. The summed E-state index contributed by atoms with van der Waals surface area (Å²) in [6.45, 7) is 5.80. The summed E-state index contributed by atoms with van der Waals surface area (Å²) in [5.41, 5.74) is 6.00. The van der Waals surface area contributed by atoms with Gasteiger partial charge in [0.1, 0.15) is 0 Å². The van der Waals surface area contributed by atoms with Gasteiger partial charge in [-0.05, 0) is 19.1 Å². The molecule has 14 heavy (non-hydrogen) atoms. The van der Waals surface area contributed by atoms with Crippen LogP contribution in [-0.2, 0) is 5.54 Å². The van der Waals surface area contributed by atoms with Crippen molar-refractivity contribution in [2.75, 3.05) is 6.61 Å². The van der Waals surface area contributed by atoms with Gasteiger partial charge in [0.25, 0.3) is 0 Å². The van der Waals surface area contributed by atoms with Crippen molar-refractivity contribution in [1.29, 1.82) is 0 Å². The number of rotatable bonds is 3.